The summed E-state index contributed by atoms with van der Waals surface area (Å²) < 4.78 is 1.76. The van der Waals surface area contributed by atoms with E-state index in [1.54, 1.807) is 29.1 Å². The SMILES string of the molecule is Cc1cnn(-c2ccc(C(=O)Nc3ccccc3SCC(N)=O)cc2)c1. The monoisotopic (exact) mass is 366 g/mol. The Morgan fingerprint density at radius 1 is 1.15 bits per heavy atom. The fourth-order valence-corrected chi connectivity index (χ4v) is 3.11. The number of nitrogens with one attached hydrogen (secondary N) is 1. The van der Waals surface area contributed by atoms with Crippen LogP contribution in [0.25, 0.3) is 5.69 Å². The summed E-state index contributed by atoms with van der Waals surface area (Å²) in [5, 5.41) is 7.13. The standard InChI is InChI=1S/C19H18N4O2S/c1-13-10-21-23(11-13)15-8-6-14(7-9-15)19(25)22-16-4-2-3-5-17(16)26-12-18(20)24/h2-11H,12H2,1H3,(H2,20,24)(H,22,25). The molecule has 0 radical (unpaired) electrons. The number of rotatable bonds is 6. The molecule has 0 atom stereocenters. The van der Waals surface area contributed by atoms with E-state index in [0.29, 0.717) is 11.3 Å². The maximum absolute atomic E-state index is 12.5. The van der Waals surface area contributed by atoms with Crippen molar-refractivity contribution in [3.05, 3.63) is 72.1 Å². The highest BCUT2D eigenvalue weighted by atomic mass is 32.2. The molecule has 1 aromatic heterocycles. The molecule has 132 valence electrons. The number of benzene rings is 2. The lowest BCUT2D eigenvalue weighted by molar-refractivity contribution is -0.115. The minimum Gasteiger partial charge on any atom is -0.369 e. The summed E-state index contributed by atoms with van der Waals surface area (Å²) in [6.45, 7) is 1.97. The Morgan fingerprint density at radius 3 is 2.54 bits per heavy atom. The van der Waals surface area contributed by atoms with Gasteiger partial charge in [-0.1, -0.05) is 12.1 Å². The lowest BCUT2D eigenvalue weighted by atomic mass is 10.2. The van der Waals surface area contributed by atoms with Gasteiger partial charge in [0, 0.05) is 16.7 Å². The molecular formula is C19H18N4O2S. The van der Waals surface area contributed by atoms with Gasteiger partial charge in [-0.15, -0.1) is 11.8 Å². The van der Waals surface area contributed by atoms with Gasteiger partial charge >= 0.3 is 0 Å². The van der Waals surface area contributed by atoms with E-state index < -0.39 is 5.91 Å². The zero-order valence-corrected chi connectivity index (χ0v) is 15.0. The summed E-state index contributed by atoms with van der Waals surface area (Å²) in [5.41, 5.74) is 8.32. The zero-order chi connectivity index (χ0) is 18.5. The largest absolute Gasteiger partial charge is 0.369 e. The van der Waals surface area contributed by atoms with E-state index in [-0.39, 0.29) is 11.7 Å². The van der Waals surface area contributed by atoms with Crippen molar-refractivity contribution < 1.29 is 9.59 Å². The number of aryl methyl sites for hydroxylation is 1. The summed E-state index contributed by atoms with van der Waals surface area (Å²) in [5.74, 6) is -0.467. The molecule has 7 heteroatoms. The van der Waals surface area contributed by atoms with Crippen molar-refractivity contribution in [2.24, 2.45) is 5.73 Å². The molecule has 3 rings (SSSR count). The van der Waals surface area contributed by atoms with Gasteiger partial charge < -0.3 is 11.1 Å². The Morgan fingerprint density at radius 2 is 1.88 bits per heavy atom. The molecule has 3 N–H and O–H groups in total. The van der Waals surface area contributed by atoms with Crippen LogP contribution in [0.1, 0.15) is 15.9 Å². The second-order valence-electron chi connectivity index (χ2n) is 5.71. The van der Waals surface area contributed by atoms with E-state index in [4.69, 9.17) is 5.73 Å². The first kappa shape index (κ1) is 17.8. The number of thioether (sulfide) groups is 1. The van der Waals surface area contributed by atoms with Crippen molar-refractivity contribution in [2.45, 2.75) is 11.8 Å². The van der Waals surface area contributed by atoms with Crippen LogP contribution in [0.5, 0.6) is 0 Å². The first-order chi connectivity index (χ1) is 12.5. The molecule has 0 unspecified atom stereocenters. The second-order valence-corrected chi connectivity index (χ2v) is 6.73. The molecule has 2 aromatic carbocycles. The topological polar surface area (TPSA) is 90.0 Å². The van der Waals surface area contributed by atoms with Crippen LogP contribution >= 0.6 is 11.8 Å². The van der Waals surface area contributed by atoms with E-state index in [0.717, 1.165) is 16.1 Å². The maximum Gasteiger partial charge on any atom is 0.255 e. The third kappa shape index (κ3) is 4.31. The van der Waals surface area contributed by atoms with Crippen LogP contribution < -0.4 is 11.1 Å². The number of aromatic nitrogens is 2. The predicted octanol–water partition coefficient (Wildman–Crippen LogP) is 3.01. The number of nitrogens with two attached hydrogens (primary N) is 1. The second kappa shape index (κ2) is 7.88. The first-order valence-electron chi connectivity index (χ1n) is 7.96. The lowest BCUT2D eigenvalue weighted by Crippen LogP contribution is -2.14. The Balaban J connectivity index is 1.73. The zero-order valence-electron chi connectivity index (χ0n) is 14.2. The first-order valence-corrected chi connectivity index (χ1v) is 8.94. The average Bonchev–Trinajstić information content (AvgIpc) is 3.07. The summed E-state index contributed by atoms with van der Waals surface area (Å²) in [6, 6.07) is 14.5. The van der Waals surface area contributed by atoms with Crippen LogP contribution in [0.15, 0.2) is 65.8 Å². The van der Waals surface area contributed by atoms with Crippen molar-refractivity contribution >= 4 is 29.3 Å². The Kier molecular flexibility index (Phi) is 5.38. The van der Waals surface area contributed by atoms with E-state index in [9.17, 15) is 9.59 Å². The van der Waals surface area contributed by atoms with E-state index in [1.165, 1.54) is 11.8 Å². The fourth-order valence-electron chi connectivity index (χ4n) is 2.36. The minimum atomic E-state index is -0.402. The van der Waals surface area contributed by atoms with Gasteiger partial charge in [-0.25, -0.2) is 4.68 Å². The number of hydrogen-bond donors (Lipinski definition) is 2. The van der Waals surface area contributed by atoms with Gasteiger partial charge in [-0.3, -0.25) is 9.59 Å². The highest BCUT2D eigenvalue weighted by Crippen LogP contribution is 2.27. The van der Waals surface area contributed by atoms with Crippen molar-refractivity contribution in [3.63, 3.8) is 0 Å². The number of carbonyl (C=O) groups excluding carboxylic acids is 2. The average molecular weight is 366 g/mol. The van der Waals surface area contributed by atoms with Crippen LogP contribution in [0.4, 0.5) is 5.69 Å². The summed E-state index contributed by atoms with van der Waals surface area (Å²) in [4.78, 5) is 24.3. The third-order valence-electron chi connectivity index (χ3n) is 3.61. The van der Waals surface area contributed by atoms with Crippen LogP contribution in [0.3, 0.4) is 0 Å². The Bertz CT molecular complexity index is 935. The van der Waals surface area contributed by atoms with Crippen molar-refractivity contribution in [2.75, 3.05) is 11.1 Å². The maximum atomic E-state index is 12.5. The highest BCUT2D eigenvalue weighted by Gasteiger charge is 2.10. The van der Waals surface area contributed by atoms with Crippen LogP contribution in [0, 0.1) is 6.92 Å². The molecule has 0 aliphatic rings. The number of amides is 2. The molecule has 0 spiro atoms. The molecule has 0 saturated carbocycles. The summed E-state index contributed by atoms with van der Waals surface area (Å²) >= 11 is 1.29. The summed E-state index contributed by atoms with van der Waals surface area (Å²) in [6.07, 6.45) is 3.70. The van der Waals surface area contributed by atoms with Crippen LogP contribution in [0.2, 0.25) is 0 Å². The van der Waals surface area contributed by atoms with Gasteiger partial charge in [0.1, 0.15) is 0 Å². The van der Waals surface area contributed by atoms with Gasteiger partial charge in [0.05, 0.1) is 23.3 Å². The number of hydrogen-bond acceptors (Lipinski definition) is 4. The van der Waals surface area contributed by atoms with E-state index in [1.807, 2.05) is 43.5 Å². The fraction of sp³-hybridized carbons (Fsp3) is 0.105. The van der Waals surface area contributed by atoms with Crippen LogP contribution in [-0.2, 0) is 4.79 Å². The lowest BCUT2D eigenvalue weighted by Gasteiger charge is -2.10. The third-order valence-corrected chi connectivity index (χ3v) is 4.71. The molecule has 0 saturated heterocycles. The molecule has 26 heavy (non-hydrogen) atoms. The number of nitrogens with zero attached hydrogens (tertiary/aromatic N) is 2. The number of para-hydroxylation sites is 1. The molecule has 0 aliphatic carbocycles. The summed E-state index contributed by atoms with van der Waals surface area (Å²) in [7, 11) is 0. The number of carbonyl (C=O) groups is 2. The highest BCUT2D eigenvalue weighted by molar-refractivity contribution is 8.00. The minimum absolute atomic E-state index is 0.158. The molecule has 0 aliphatic heterocycles. The molecule has 0 fully saturated rings. The van der Waals surface area contributed by atoms with Gasteiger partial charge in [0.25, 0.3) is 5.91 Å². The molecule has 3 aromatic rings. The smallest absolute Gasteiger partial charge is 0.255 e. The van der Waals surface area contributed by atoms with E-state index in [2.05, 4.69) is 10.4 Å². The Hall–Kier alpha value is -3.06. The predicted molar refractivity (Wildman–Crippen MR) is 103 cm³/mol. The number of anilines is 1. The quantitative estimate of drug-likeness (QED) is 0.656. The van der Waals surface area contributed by atoms with Gasteiger partial charge in [0.2, 0.25) is 5.91 Å². The van der Waals surface area contributed by atoms with Crippen molar-refractivity contribution in [1.29, 1.82) is 0 Å². The van der Waals surface area contributed by atoms with Crippen molar-refractivity contribution in [1.82, 2.24) is 9.78 Å². The molecule has 2 amide bonds. The molecule has 1 heterocycles. The normalized spacial score (nSPS) is 10.5. The van der Waals surface area contributed by atoms with E-state index >= 15 is 0 Å². The Labute approximate surface area is 155 Å². The van der Waals surface area contributed by atoms with Crippen LogP contribution in [-0.4, -0.2) is 27.3 Å². The van der Waals surface area contributed by atoms with Gasteiger partial charge in [-0.05, 0) is 48.9 Å². The number of primary amides is 1. The molecular weight excluding hydrogens is 348 g/mol. The van der Waals surface area contributed by atoms with Gasteiger partial charge in [-0.2, -0.15) is 5.10 Å². The van der Waals surface area contributed by atoms with Gasteiger partial charge in [0.15, 0.2) is 0 Å². The molecule has 6 nitrogen and oxygen atoms in total. The molecule has 0 bridgehead atoms. The van der Waals surface area contributed by atoms with Crippen molar-refractivity contribution in [3.8, 4) is 5.69 Å².